The molecule has 154 valence electrons. The van der Waals surface area contributed by atoms with Gasteiger partial charge in [-0.3, -0.25) is 10.1 Å². The second kappa shape index (κ2) is 7.72. The summed E-state index contributed by atoms with van der Waals surface area (Å²) in [6.45, 7) is 3.11. The summed E-state index contributed by atoms with van der Waals surface area (Å²) in [6.07, 6.45) is -2.57. The quantitative estimate of drug-likeness (QED) is 0.574. The van der Waals surface area contributed by atoms with E-state index in [0.29, 0.717) is 0 Å². The lowest BCUT2D eigenvalue weighted by atomic mass is 10.0. The van der Waals surface area contributed by atoms with Gasteiger partial charge in [-0.05, 0) is 43.7 Å². The Morgan fingerprint density at radius 2 is 2.03 bits per heavy atom. The Hall–Kier alpha value is -3.11. The molecule has 29 heavy (non-hydrogen) atoms. The largest absolute Gasteiger partial charge is 0.478 e. The van der Waals surface area contributed by atoms with E-state index in [-0.39, 0.29) is 23.5 Å². The molecule has 1 heterocycles. The highest BCUT2D eigenvalue weighted by Gasteiger charge is 2.42. The third kappa shape index (κ3) is 4.49. The van der Waals surface area contributed by atoms with Crippen LogP contribution in [0.5, 0.6) is 5.75 Å². The third-order valence-corrected chi connectivity index (χ3v) is 4.26. The van der Waals surface area contributed by atoms with Gasteiger partial charge < -0.3 is 19.3 Å². The molecular formula is C19H17F2NO7. The van der Waals surface area contributed by atoms with Crippen LogP contribution in [0, 0.1) is 21.7 Å². The van der Waals surface area contributed by atoms with Crippen LogP contribution in [-0.4, -0.2) is 40.6 Å². The van der Waals surface area contributed by atoms with Crippen LogP contribution in [0.25, 0.3) is 11.1 Å². The topological polar surface area (TPSA) is 108 Å². The molecule has 0 aliphatic carbocycles. The number of benzene rings is 2. The zero-order valence-electron chi connectivity index (χ0n) is 15.4. The van der Waals surface area contributed by atoms with Gasteiger partial charge in [-0.15, -0.1) is 0 Å². The number of nitro groups is 1. The monoisotopic (exact) mass is 409 g/mol. The summed E-state index contributed by atoms with van der Waals surface area (Å²) in [5.74, 6) is -4.25. The maximum absolute atomic E-state index is 14.0. The molecule has 0 amide bonds. The first-order chi connectivity index (χ1) is 13.6. The molecule has 1 N–H and O–H groups in total. The molecule has 2 unspecified atom stereocenters. The number of hydrogen-bond acceptors (Lipinski definition) is 6. The molecule has 1 aliphatic rings. The van der Waals surface area contributed by atoms with Crippen molar-refractivity contribution in [1.82, 2.24) is 0 Å². The van der Waals surface area contributed by atoms with Gasteiger partial charge in [-0.1, -0.05) is 6.07 Å². The Kier molecular flexibility index (Phi) is 5.49. The van der Waals surface area contributed by atoms with Crippen molar-refractivity contribution in [2.75, 3.05) is 6.61 Å². The number of carboxylic acid groups (broad SMARTS) is 1. The predicted molar refractivity (Wildman–Crippen MR) is 95.4 cm³/mol. The number of nitro benzene ring substituents is 1. The van der Waals surface area contributed by atoms with Crippen LogP contribution in [0.4, 0.5) is 14.5 Å². The molecule has 1 saturated heterocycles. The van der Waals surface area contributed by atoms with E-state index in [2.05, 4.69) is 0 Å². The molecule has 0 spiro atoms. The highest BCUT2D eigenvalue weighted by molar-refractivity contribution is 5.75. The van der Waals surface area contributed by atoms with Crippen molar-refractivity contribution in [2.45, 2.75) is 31.8 Å². The molecule has 2 aromatic carbocycles. The summed E-state index contributed by atoms with van der Waals surface area (Å²) in [7, 11) is 0. The van der Waals surface area contributed by atoms with E-state index in [9.17, 15) is 28.8 Å². The normalized spacial score (nSPS) is 19.0. The fourth-order valence-corrected chi connectivity index (χ4v) is 2.93. The summed E-state index contributed by atoms with van der Waals surface area (Å²) >= 11 is 0. The molecule has 10 heteroatoms. The van der Waals surface area contributed by atoms with Gasteiger partial charge in [0.25, 0.3) is 0 Å². The minimum absolute atomic E-state index is 0.0366. The molecule has 1 aliphatic heterocycles. The Morgan fingerprint density at radius 3 is 2.62 bits per heavy atom. The maximum Gasteiger partial charge on any atom is 0.347 e. The van der Waals surface area contributed by atoms with E-state index in [4.69, 9.17) is 14.2 Å². The van der Waals surface area contributed by atoms with Gasteiger partial charge in [0.2, 0.25) is 6.10 Å². The van der Waals surface area contributed by atoms with Crippen LogP contribution < -0.4 is 4.74 Å². The average Bonchev–Trinajstić information content (AvgIpc) is 3.00. The van der Waals surface area contributed by atoms with Gasteiger partial charge in [0, 0.05) is 11.6 Å². The minimum atomic E-state index is -1.58. The average molecular weight is 409 g/mol. The zero-order valence-corrected chi connectivity index (χ0v) is 15.4. The summed E-state index contributed by atoms with van der Waals surface area (Å²) < 4.78 is 43.6. The summed E-state index contributed by atoms with van der Waals surface area (Å²) in [4.78, 5) is 22.3. The van der Waals surface area contributed by atoms with Crippen molar-refractivity contribution in [3.8, 4) is 16.9 Å². The number of nitrogens with zero attached hydrogens (tertiary/aromatic N) is 1. The van der Waals surface area contributed by atoms with Crippen LogP contribution in [0.3, 0.4) is 0 Å². The van der Waals surface area contributed by atoms with Crippen molar-refractivity contribution in [1.29, 1.82) is 0 Å². The van der Waals surface area contributed by atoms with Crippen molar-refractivity contribution >= 4 is 11.7 Å². The van der Waals surface area contributed by atoms with E-state index < -0.39 is 46.2 Å². The van der Waals surface area contributed by atoms with Gasteiger partial charge in [-0.2, -0.15) is 0 Å². The fourth-order valence-electron chi connectivity index (χ4n) is 2.93. The number of aliphatic carboxylic acids is 1. The molecule has 0 saturated carbocycles. The number of ether oxygens (including phenoxy) is 3. The lowest BCUT2D eigenvalue weighted by Gasteiger charge is -2.22. The van der Waals surface area contributed by atoms with E-state index in [1.54, 1.807) is 13.8 Å². The molecule has 8 nitrogen and oxygen atoms in total. The Balaban J connectivity index is 1.95. The van der Waals surface area contributed by atoms with Crippen LogP contribution in [-0.2, 0) is 14.3 Å². The van der Waals surface area contributed by atoms with Gasteiger partial charge in [-0.25, -0.2) is 13.6 Å². The fraction of sp³-hybridized carbons (Fsp3) is 0.316. The number of carboxylic acids is 1. The molecule has 1 fully saturated rings. The van der Waals surface area contributed by atoms with E-state index in [1.807, 2.05) is 0 Å². The van der Waals surface area contributed by atoms with Crippen LogP contribution in [0.2, 0.25) is 0 Å². The van der Waals surface area contributed by atoms with E-state index in [1.165, 1.54) is 6.07 Å². The summed E-state index contributed by atoms with van der Waals surface area (Å²) in [6, 6.07) is 6.13. The Labute approximate surface area is 163 Å². The molecule has 3 rings (SSSR count). The standard InChI is InChI=1S/C19H17F2NO7/c1-19(2)27-9-16(29-19)17(18(23)24)28-15-6-3-10(7-14(15)22(25)26)12-8-11(20)4-5-13(12)21/h3-8,16-17H,9H2,1-2H3,(H,23,24). The van der Waals surface area contributed by atoms with Crippen LogP contribution in [0.15, 0.2) is 36.4 Å². The van der Waals surface area contributed by atoms with Crippen LogP contribution in [0.1, 0.15) is 13.8 Å². The van der Waals surface area contributed by atoms with E-state index >= 15 is 0 Å². The maximum atomic E-state index is 14.0. The SMILES string of the molecule is CC1(C)OCC(C(Oc2ccc(-c3cc(F)ccc3F)cc2[N+](=O)[O-])C(=O)O)O1. The molecule has 0 aromatic heterocycles. The Morgan fingerprint density at radius 1 is 1.31 bits per heavy atom. The van der Waals surface area contributed by atoms with Crippen LogP contribution >= 0.6 is 0 Å². The highest BCUT2D eigenvalue weighted by Crippen LogP contribution is 2.35. The third-order valence-electron chi connectivity index (χ3n) is 4.26. The molecule has 2 atom stereocenters. The van der Waals surface area contributed by atoms with Crippen molar-refractivity contribution in [3.05, 3.63) is 58.1 Å². The van der Waals surface area contributed by atoms with E-state index in [0.717, 1.165) is 30.3 Å². The summed E-state index contributed by atoms with van der Waals surface area (Å²) in [5, 5.41) is 21.0. The minimum Gasteiger partial charge on any atom is -0.478 e. The van der Waals surface area contributed by atoms with Gasteiger partial charge in [0.1, 0.15) is 17.7 Å². The Bertz CT molecular complexity index is 964. The number of hydrogen-bond donors (Lipinski definition) is 1. The smallest absolute Gasteiger partial charge is 0.347 e. The van der Waals surface area contributed by atoms with Crippen molar-refractivity contribution in [2.24, 2.45) is 0 Å². The van der Waals surface area contributed by atoms with Gasteiger partial charge in [0.05, 0.1) is 11.5 Å². The first kappa shape index (κ1) is 20.6. The number of halogens is 2. The zero-order chi connectivity index (χ0) is 21.3. The summed E-state index contributed by atoms with van der Waals surface area (Å²) in [5.41, 5.74) is -0.742. The predicted octanol–water partition coefficient (Wildman–Crippen LogP) is 3.52. The second-order valence-corrected chi connectivity index (χ2v) is 6.81. The molecule has 0 bridgehead atoms. The first-order valence-corrected chi connectivity index (χ1v) is 8.52. The molecule has 0 radical (unpaired) electrons. The number of rotatable bonds is 6. The molecular weight excluding hydrogens is 392 g/mol. The van der Waals surface area contributed by atoms with Gasteiger partial charge in [0.15, 0.2) is 11.5 Å². The van der Waals surface area contributed by atoms with Crippen molar-refractivity contribution < 1.29 is 37.8 Å². The number of carbonyl (C=O) groups is 1. The molecule has 2 aromatic rings. The van der Waals surface area contributed by atoms with Crippen molar-refractivity contribution in [3.63, 3.8) is 0 Å². The van der Waals surface area contributed by atoms with Gasteiger partial charge >= 0.3 is 11.7 Å². The highest BCUT2D eigenvalue weighted by atomic mass is 19.1. The second-order valence-electron chi connectivity index (χ2n) is 6.81. The lowest BCUT2D eigenvalue weighted by Crippen LogP contribution is -2.41. The first-order valence-electron chi connectivity index (χ1n) is 8.52. The lowest BCUT2D eigenvalue weighted by molar-refractivity contribution is -0.386.